The number of morpholine rings is 1. The van der Waals surface area contributed by atoms with Gasteiger partial charge in [-0.05, 0) is 36.7 Å². The molecule has 0 radical (unpaired) electrons. The molecule has 0 spiro atoms. The highest BCUT2D eigenvalue weighted by Gasteiger charge is 2.40. The summed E-state index contributed by atoms with van der Waals surface area (Å²) in [7, 11) is 0. The van der Waals surface area contributed by atoms with Gasteiger partial charge in [-0.25, -0.2) is 9.78 Å². The Kier molecular flexibility index (Phi) is 11.8. The SMILES string of the molecule is O=C(N[C@@H](CC1CCCCC1)[C@@H](O)[C@@H](O)C1CC1)[C@H](Cc1cnc[nH]1)NC(=O)[C@H](Cc1ccccc1)NC(=O)N1CCOCC1. The number of benzene rings is 1. The molecule has 3 aliphatic rings. The normalized spacial score (nSPS) is 20.8. The Bertz CT molecular complexity index is 1210. The number of ether oxygens (including phenoxy) is 1. The van der Waals surface area contributed by atoms with Crippen LogP contribution in [0.5, 0.6) is 0 Å². The van der Waals surface area contributed by atoms with Gasteiger partial charge in [0, 0.05) is 37.8 Å². The molecule has 6 N–H and O–H groups in total. The molecule has 1 aromatic carbocycles. The van der Waals surface area contributed by atoms with Crippen LogP contribution in [0.3, 0.4) is 0 Å². The topological polar surface area (TPSA) is 169 Å². The molecule has 1 aliphatic heterocycles. The first-order chi connectivity index (χ1) is 21.9. The highest BCUT2D eigenvalue weighted by atomic mass is 16.5. The number of imidazole rings is 1. The number of carbonyl (C=O) groups is 3. The second kappa shape index (κ2) is 16.2. The first kappa shape index (κ1) is 32.9. The quantitative estimate of drug-likeness (QED) is 0.186. The van der Waals surface area contributed by atoms with E-state index in [4.69, 9.17) is 4.74 Å². The molecule has 2 aromatic rings. The third-order valence-corrected chi connectivity index (χ3v) is 9.31. The molecule has 3 fully saturated rings. The predicted octanol–water partition coefficient (Wildman–Crippen LogP) is 1.68. The molecule has 1 saturated heterocycles. The van der Waals surface area contributed by atoms with Crippen LogP contribution in [0.1, 0.15) is 62.6 Å². The lowest BCUT2D eigenvalue weighted by Gasteiger charge is -2.33. The van der Waals surface area contributed by atoms with Crippen LogP contribution in [0.25, 0.3) is 0 Å². The first-order valence-electron chi connectivity index (χ1n) is 16.5. The van der Waals surface area contributed by atoms with Crippen molar-refractivity contribution in [3.8, 4) is 0 Å². The molecule has 4 amide bonds. The van der Waals surface area contributed by atoms with Crippen molar-refractivity contribution in [3.63, 3.8) is 0 Å². The van der Waals surface area contributed by atoms with E-state index in [2.05, 4.69) is 25.9 Å². The summed E-state index contributed by atoms with van der Waals surface area (Å²) in [6, 6.07) is 6.42. The van der Waals surface area contributed by atoms with Gasteiger partial charge in [-0.3, -0.25) is 9.59 Å². The molecule has 246 valence electrons. The molecule has 45 heavy (non-hydrogen) atoms. The van der Waals surface area contributed by atoms with Gasteiger partial charge >= 0.3 is 6.03 Å². The number of aromatic nitrogens is 2. The fourth-order valence-electron chi connectivity index (χ4n) is 6.47. The highest BCUT2D eigenvalue weighted by Crippen LogP contribution is 2.36. The second-order valence-electron chi connectivity index (χ2n) is 12.8. The zero-order valence-corrected chi connectivity index (χ0v) is 25.9. The van der Waals surface area contributed by atoms with Crippen molar-refractivity contribution in [3.05, 3.63) is 54.1 Å². The Morgan fingerprint density at radius 3 is 2.27 bits per heavy atom. The maximum absolute atomic E-state index is 14.0. The van der Waals surface area contributed by atoms with Crippen molar-refractivity contribution in [1.82, 2.24) is 30.8 Å². The van der Waals surface area contributed by atoms with Crippen LogP contribution in [-0.2, 0) is 27.2 Å². The number of nitrogens with one attached hydrogen (secondary N) is 4. The highest BCUT2D eigenvalue weighted by molar-refractivity contribution is 5.92. The van der Waals surface area contributed by atoms with Gasteiger partial charge in [0.25, 0.3) is 0 Å². The monoisotopic (exact) mass is 624 g/mol. The number of urea groups is 1. The van der Waals surface area contributed by atoms with E-state index < -0.39 is 42.1 Å². The summed E-state index contributed by atoms with van der Waals surface area (Å²) in [6.07, 6.45) is 9.20. The molecule has 5 rings (SSSR count). The van der Waals surface area contributed by atoms with Gasteiger partial charge in [0.1, 0.15) is 18.2 Å². The maximum Gasteiger partial charge on any atom is 0.318 e. The van der Waals surface area contributed by atoms with Gasteiger partial charge in [-0.2, -0.15) is 0 Å². The van der Waals surface area contributed by atoms with Crippen molar-refractivity contribution in [1.29, 1.82) is 0 Å². The lowest BCUT2D eigenvalue weighted by Crippen LogP contribution is -2.59. The molecule has 0 bridgehead atoms. The van der Waals surface area contributed by atoms with Gasteiger partial charge in [0.15, 0.2) is 0 Å². The minimum Gasteiger partial charge on any atom is -0.390 e. The number of hydrogen-bond acceptors (Lipinski definition) is 7. The zero-order chi connectivity index (χ0) is 31.6. The van der Waals surface area contributed by atoms with E-state index in [1.165, 1.54) is 12.7 Å². The van der Waals surface area contributed by atoms with Crippen molar-refractivity contribution < 1.29 is 29.3 Å². The summed E-state index contributed by atoms with van der Waals surface area (Å²) in [5.74, 6) is -0.572. The number of aliphatic hydroxyl groups excluding tert-OH is 2. The lowest BCUT2D eigenvalue weighted by atomic mass is 9.82. The Morgan fingerprint density at radius 1 is 0.911 bits per heavy atom. The fourth-order valence-corrected chi connectivity index (χ4v) is 6.47. The van der Waals surface area contributed by atoms with Gasteiger partial charge in [-0.1, -0.05) is 62.4 Å². The van der Waals surface area contributed by atoms with Crippen LogP contribution in [0.15, 0.2) is 42.9 Å². The fraction of sp³-hybridized carbons (Fsp3) is 0.636. The number of rotatable bonds is 14. The molecule has 0 unspecified atom stereocenters. The second-order valence-corrected chi connectivity index (χ2v) is 12.8. The zero-order valence-electron chi connectivity index (χ0n) is 25.9. The van der Waals surface area contributed by atoms with Crippen molar-refractivity contribution in [2.45, 2.75) is 94.5 Å². The summed E-state index contributed by atoms with van der Waals surface area (Å²) in [5, 5.41) is 30.9. The number of H-pyrrole nitrogens is 1. The Morgan fingerprint density at radius 2 is 1.60 bits per heavy atom. The van der Waals surface area contributed by atoms with E-state index in [-0.39, 0.29) is 24.8 Å². The number of amides is 4. The average molecular weight is 625 g/mol. The van der Waals surface area contributed by atoms with E-state index in [1.807, 2.05) is 30.3 Å². The van der Waals surface area contributed by atoms with Gasteiger partial charge in [0.05, 0.1) is 31.7 Å². The predicted molar refractivity (Wildman–Crippen MR) is 167 cm³/mol. The third kappa shape index (κ3) is 9.75. The molecule has 5 atom stereocenters. The lowest BCUT2D eigenvalue weighted by molar-refractivity contribution is -0.131. The number of hydrogen-bond donors (Lipinski definition) is 6. The van der Waals surface area contributed by atoms with Crippen LogP contribution in [0, 0.1) is 11.8 Å². The number of aromatic amines is 1. The molecule has 2 aliphatic carbocycles. The minimum atomic E-state index is -1.11. The summed E-state index contributed by atoms with van der Waals surface area (Å²) in [6.45, 7) is 1.71. The van der Waals surface area contributed by atoms with Crippen LogP contribution in [-0.4, -0.2) is 99.6 Å². The summed E-state index contributed by atoms with van der Waals surface area (Å²) in [5.41, 5.74) is 1.51. The van der Waals surface area contributed by atoms with Crippen molar-refractivity contribution in [2.75, 3.05) is 26.3 Å². The van der Waals surface area contributed by atoms with Gasteiger partial charge < -0.3 is 40.8 Å². The first-order valence-corrected chi connectivity index (χ1v) is 16.5. The number of aliphatic hydroxyl groups is 2. The standard InChI is InChI=1S/C33H48N6O6/c40-29(24-11-12-24)30(41)26(17-22-7-3-1-4-8-22)36-32(43)28(19-25-20-34-21-35-25)37-31(42)27(18-23-9-5-2-6-10-23)38-33(44)39-13-15-45-16-14-39/h2,5-6,9-10,20-22,24,26-30,40-41H,1,3-4,7-8,11-19H2,(H,34,35)(H,36,43)(H,37,42)(H,38,44)/t26-,27-,28-,29-,30+/m0/s1. The molecule has 12 heteroatoms. The van der Waals surface area contributed by atoms with E-state index in [1.54, 1.807) is 11.1 Å². The van der Waals surface area contributed by atoms with E-state index in [0.29, 0.717) is 44.3 Å². The molecular formula is C33H48N6O6. The summed E-state index contributed by atoms with van der Waals surface area (Å²) in [4.78, 5) is 49.7. The number of carbonyl (C=O) groups excluding carboxylic acids is 3. The van der Waals surface area contributed by atoms with Crippen molar-refractivity contribution in [2.24, 2.45) is 11.8 Å². The molecular weight excluding hydrogens is 576 g/mol. The number of nitrogens with zero attached hydrogens (tertiary/aromatic N) is 2. The van der Waals surface area contributed by atoms with Crippen LogP contribution >= 0.6 is 0 Å². The molecule has 1 aromatic heterocycles. The molecule has 2 saturated carbocycles. The van der Waals surface area contributed by atoms with Crippen LogP contribution < -0.4 is 16.0 Å². The minimum absolute atomic E-state index is 0.0417. The maximum atomic E-state index is 14.0. The van der Waals surface area contributed by atoms with Crippen molar-refractivity contribution >= 4 is 17.8 Å². The molecule has 12 nitrogen and oxygen atoms in total. The smallest absolute Gasteiger partial charge is 0.318 e. The average Bonchev–Trinajstić information content (AvgIpc) is 3.79. The van der Waals surface area contributed by atoms with Crippen LogP contribution in [0.2, 0.25) is 0 Å². The third-order valence-electron chi connectivity index (χ3n) is 9.31. The molecule has 2 heterocycles. The Hall–Kier alpha value is -3.48. The summed E-state index contributed by atoms with van der Waals surface area (Å²) < 4.78 is 5.37. The Balaban J connectivity index is 1.32. The Labute approximate surface area is 264 Å². The summed E-state index contributed by atoms with van der Waals surface area (Å²) >= 11 is 0. The van der Waals surface area contributed by atoms with E-state index in [9.17, 15) is 24.6 Å². The van der Waals surface area contributed by atoms with Crippen LogP contribution in [0.4, 0.5) is 4.79 Å². The van der Waals surface area contributed by atoms with Gasteiger partial charge in [-0.15, -0.1) is 0 Å². The van der Waals surface area contributed by atoms with Gasteiger partial charge in [0.2, 0.25) is 11.8 Å². The largest absolute Gasteiger partial charge is 0.390 e. The van der Waals surface area contributed by atoms with E-state index in [0.717, 1.165) is 44.1 Å². The van der Waals surface area contributed by atoms with E-state index >= 15 is 0 Å².